The number of hydrogen-bond acceptors (Lipinski definition) is 3. The van der Waals surface area contributed by atoms with E-state index in [4.69, 9.17) is 23.2 Å². The van der Waals surface area contributed by atoms with Gasteiger partial charge in [-0.1, -0.05) is 35.3 Å². The average Bonchev–Trinajstić information content (AvgIpc) is 2.58. The number of carbonyl (C=O) groups excluding carboxylic acids is 2. The predicted octanol–water partition coefficient (Wildman–Crippen LogP) is 4.66. The predicted molar refractivity (Wildman–Crippen MR) is 110 cm³/mol. The van der Waals surface area contributed by atoms with Gasteiger partial charge in [0.15, 0.2) is 0 Å². The maximum absolute atomic E-state index is 12.1. The molecule has 8 heteroatoms. The highest BCUT2D eigenvalue weighted by atomic mass is 79.9. The number of benzene rings is 2. The molecule has 0 atom stereocenters. The maximum Gasteiger partial charge on any atom is 0.238 e. The summed E-state index contributed by atoms with van der Waals surface area (Å²) < 4.78 is 0.814. The molecule has 5 nitrogen and oxygen atoms in total. The van der Waals surface area contributed by atoms with Crippen molar-refractivity contribution in [2.45, 2.75) is 6.42 Å². The third kappa shape index (κ3) is 6.61. The Morgan fingerprint density at radius 1 is 1.04 bits per heavy atom. The molecule has 0 heterocycles. The van der Waals surface area contributed by atoms with Crippen LogP contribution >= 0.6 is 39.1 Å². The van der Waals surface area contributed by atoms with E-state index in [-0.39, 0.29) is 24.8 Å². The highest BCUT2D eigenvalue weighted by Gasteiger charge is 2.11. The van der Waals surface area contributed by atoms with Crippen molar-refractivity contribution < 1.29 is 9.59 Å². The molecule has 2 N–H and O–H groups in total. The molecule has 26 heavy (non-hydrogen) atoms. The van der Waals surface area contributed by atoms with E-state index in [1.165, 1.54) is 0 Å². The van der Waals surface area contributed by atoms with Gasteiger partial charge in [0.25, 0.3) is 0 Å². The molecule has 2 aromatic rings. The second-order valence-corrected chi connectivity index (χ2v) is 7.39. The summed E-state index contributed by atoms with van der Waals surface area (Å²) >= 11 is 15.3. The van der Waals surface area contributed by atoms with Gasteiger partial charge in [0.1, 0.15) is 0 Å². The van der Waals surface area contributed by atoms with Crippen LogP contribution in [0.3, 0.4) is 0 Å². The summed E-state index contributed by atoms with van der Waals surface area (Å²) in [7, 11) is 1.78. The quantitative estimate of drug-likeness (QED) is 0.634. The van der Waals surface area contributed by atoms with E-state index < -0.39 is 0 Å². The lowest BCUT2D eigenvalue weighted by atomic mass is 10.3. The summed E-state index contributed by atoms with van der Waals surface area (Å²) in [6.07, 6.45) is 0.224. The molecule has 0 aromatic heterocycles. The molecular weight excluding hydrogens is 441 g/mol. The summed E-state index contributed by atoms with van der Waals surface area (Å²) in [4.78, 5) is 25.9. The van der Waals surface area contributed by atoms with Crippen molar-refractivity contribution >= 4 is 62.3 Å². The van der Waals surface area contributed by atoms with Crippen LogP contribution in [-0.2, 0) is 9.59 Å². The van der Waals surface area contributed by atoms with Crippen molar-refractivity contribution in [1.82, 2.24) is 4.90 Å². The standard InChI is InChI=1S/C18H18BrCl2N3O2/c1-24(11-18(26)22-15-5-3-2-4-13(15)19)9-8-17(25)23-16-10-12(20)6-7-14(16)21/h2-7,10H,8-9,11H2,1H3,(H,22,26)(H,23,25). The minimum Gasteiger partial charge on any atom is -0.325 e. The molecule has 0 aliphatic heterocycles. The number of carbonyl (C=O) groups is 2. The molecule has 0 aliphatic rings. The van der Waals surface area contributed by atoms with Crippen LogP contribution in [0.5, 0.6) is 0 Å². The van der Waals surface area contributed by atoms with Crippen LogP contribution in [0, 0.1) is 0 Å². The van der Waals surface area contributed by atoms with Gasteiger partial charge in [0, 0.05) is 22.5 Å². The van der Waals surface area contributed by atoms with Crippen LogP contribution in [0.25, 0.3) is 0 Å². The number of rotatable bonds is 7. The van der Waals surface area contributed by atoms with Gasteiger partial charge in [0.05, 0.1) is 22.9 Å². The first-order valence-corrected chi connectivity index (χ1v) is 9.38. The molecule has 0 bridgehead atoms. The van der Waals surface area contributed by atoms with Crippen LogP contribution in [0.4, 0.5) is 11.4 Å². The summed E-state index contributed by atoms with van der Waals surface area (Å²) in [5, 5.41) is 6.45. The van der Waals surface area contributed by atoms with Crippen molar-refractivity contribution in [3.63, 3.8) is 0 Å². The summed E-state index contributed by atoms with van der Waals surface area (Å²) in [5.41, 5.74) is 1.18. The Bertz CT molecular complexity index is 802. The maximum atomic E-state index is 12.1. The number of amides is 2. The first kappa shape index (κ1) is 20.7. The van der Waals surface area contributed by atoms with Crippen LogP contribution < -0.4 is 10.6 Å². The highest BCUT2D eigenvalue weighted by Crippen LogP contribution is 2.25. The molecule has 0 aliphatic carbocycles. The molecule has 0 unspecified atom stereocenters. The second-order valence-electron chi connectivity index (χ2n) is 5.69. The van der Waals surface area contributed by atoms with Gasteiger partial charge in [-0.25, -0.2) is 0 Å². The van der Waals surface area contributed by atoms with Crippen LogP contribution in [0.15, 0.2) is 46.9 Å². The van der Waals surface area contributed by atoms with Gasteiger partial charge in [-0.3, -0.25) is 14.5 Å². The van der Waals surface area contributed by atoms with Crippen molar-refractivity contribution in [2.75, 3.05) is 30.8 Å². The van der Waals surface area contributed by atoms with E-state index in [0.29, 0.717) is 28.0 Å². The van der Waals surface area contributed by atoms with Gasteiger partial charge in [-0.15, -0.1) is 0 Å². The summed E-state index contributed by atoms with van der Waals surface area (Å²) in [6, 6.07) is 12.2. The highest BCUT2D eigenvalue weighted by molar-refractivity contribution is 9.10. The van der Waals surface area contributed by atoms with Crippen molar-refractivity contribution in [3.8, 4) is 0 Å². The van der Waals surface area contributed by atoms with E-state index in [0.717, 1.165) is 4.47 Å². The van der Waals surface area contributed by atoms with Gasteiger partial charge >= 0.3 is 0 Å². The molecule has 2 amide bonds. The second kappa shape index (κ2) is 9.92. The lowest BCUT2D eigenvalue weighted by Gasteiger charge is -2.16. The molecule has 138 valence electrons. The summed E-state index contributed by atoms with van der Waals surface area (Å²) in [5.74, 6) is -0.357. The Morgan fingerprint density at radius 3 is 2.46 bits per heavy atom. The van der Waals surface area contributed by atoms with E-state index >= 15 is 0 Å². The first-order valence-electron chi connectivity index (χ1n) is 7.83. The largest absolute Gasteiger partial charge is 0.325 e. The number of halogens is 3. The fraction of sp³-hybridized carbons (Fsp3) is 0.222. The molecule has 0 spiro atoms. The monoisotopic (exact) mass is 457 g/mol. The van der Waals surface area contributed by atoms with Crippen molar-refractivity contribution in [1.29, 1.82) is 0 Å². The van der Waals surface area contributed by atoms with Gasteiger partial charge in [-0.2, -0.15) is 0 Å². The van der Waals surface area contributed by atoms with E-state index in [2.05, 4.69) is 26.6 Å². The third-order valence-electron chi connectivity index (χ3n) is 3.48. The Morgan fingerprint density at radius 2 is 1.73 bits per heavy atom. The number of anilines is 2. The average molecular weight is 459 g/mol. The molecule has 0 saturated carbocycles. The molecule has 0 fully saturated rings. The number of likely N-dealkylation sites (N-methyl/N-ethyl adjacent to an activating group) is 1. The fourth-order valence-electron chi connectivity index (χ4n) is 2.17. The van der Waals surface area contributed by atoms with Crippen molar-refractivity contribution in [2.24, 2.45) is 0 Å². The minimum absolute atomic E-state index is 0.155. The zero-order chi connectivity index (χ0) is 19.1. The third-order valence-corrected chi connectivity index (χ3v) is 4.74. The fourth-order valence-corrected chi connectivity index (χ4v) is 2.90. The lowest BCUT2D eigenvalue weighted by molar-refractivity contribution is -0.119. The number of nitrogens with one attached hydrogen (secondary N) is 2. The zero-order valence-electron chi connectivity index (χ0n) is 14.1. The molecule has 2 rings (SSSR count). The van der Waals surface area contributed by atoms with Gasteiger partial charge in [0.2, 0.25) is 11.8 Å². The number of nitrogens with zero attached hydrogens (tertiary/aromatic N) is 1. The lowest BCUT2D eigenvalue weighted by Crippen LogP contribution is -2.32. The molecule has 0 radical (unpaired) electrons. The Labute approximate surface area is 170 Å². The van der Waals surface area contributed by atoms with E-state index in [1.54, 1.807) is 30.1 Å². The van der Waals surface area contributed by atoms with Crippen LogP contribution in [-0.4, -0.2) is 36.9 Å². The SMILES string of the molecule is CN(CCC(=O)Nc1cc(Cl)ccc1Cl)CC(=O)Nc1ccccc1Br. The van der Waals surface area contributed by atoms with Crippen molar-refractivity contribution in [3.05, 3.63) is 57.0 Å². The smallest absolute Gasteiger partial charge is 0.238 e. The Hall–Kier alpha value is -1.60. The number of hydrogen-bond donors (Lipinski definition) is 2. The minimum atomic E-state index is -0.202. The summed E-state index contributed by atoms with van der Waals surface area (Å²) in [6.45, 7) is 0.597. The van der Waals surface area contributed by atoms with Crippen LogP contribution in [0.1, 0.15) is 6.42 Å². The van der Waals surface area contributed by atoms with E-state index in [9.17, 15) is 9.59 Å². The molecule has 0 saturated heterocycles. The van der Waals surface area contributed by atoms with Gasteiger partial charge < -0.3 is 10.6 Å². The van der Waals surface area contributed by atoms with Gasteiger partial charge in [-0.05, 0) is 53.3 Å². The topological polar surface area (TPSA) is 61.4 Å². The number of para-hydroxylation sites is 1. The van der Waals surface area contributed by atoms with E-state index in [1.807, 2.05) is 24.3 Å². The zero-order valence-corrected chi connectivity index (χ0v) is 17.2. The normalized spacial score (nSPS) is 10.7. The molecule has 2 aromatic carbocycles. The Balaban J connectivity index is 1.78. The first-order chi connectivity index (χ1) is 12.3. The Kier molecular flexibility index (Phi) is 7.90. The van der Waals surface area contributed by atoms with Crippen LogP contribution in [0.2, 0.25) is 10.0 Å². The molecular formula is C18H18BrCl2N3O2.